The number of nitrogens with zero attached hydrogens (tertiary/aromatic N) is 1. The van der Waals surface area contributed by atoms with Gasteiger partial charge in [0, 0.05) is 19.1 Å². The van der Waals surface area contributed by atoms with E-state index in [1.807, 2.05) is 20.8 Å². The van der Waals surface area contributed by atoms with Crippen LogP contribution in [0.1, 0.15) is 27.2 Å². The first-order chi connectivity index (χ1) is 6.79. The maximum absolute atomic E-state index is 11.6. The van der Waals surface area contributed by atoms with Crippen molar-refractivity contribution in [3.8, 4) is 0 Å². The molecule has 0 aromatic heterocycles. The molecule has 6 heteroatoms. The molecule has 1 aliphatic heterocycles. The largest absolute Gasteiger partial charge is 0.444 e. The molecular weight excluding hydrogens is 232 g/mol. The molecule has 3 N–H and O–H groups in total. The van der Waals surface area contributed by atoms with Gasteiger partial charge in [-0.3, -0.25) is 0 Å². The van der Waals surface area contributed by atoms with Crippen LogP contribution in [0.3, 0.4) is 0 Å². The summed E-state index contributed by atoms with van der Waals surface area (Å²) in [5.74, 6) is 0. The maximum atomic E-state index is 11.6. The summed E-state index contributed by atoms with van der Waals surface area (Å²) in [6.45, 7) is 6.33. The van der Waals surface area contributed by atoms with Crippen molar-refractivity contribution in [3.05, 3.63) is 0 Å². The third-order valence-corrected chi connectivity index (χ3v) is 2.27. The minimum atomic E-state index is -0.510. The van der Waals surface area contributed by atoms with Crippen molar-refractivity contribution in [1.29, 1.82) is 0 Å². The molecule has 0 aromatic carbocycles. The Morgan fingerprint density at radius 1 is 1.50 bits per heavy atom. The van der Waals surface area contributed by atoms with Crippen LogP contribution in [0.25, 0.3) is 0 Å². The van der Waals surface area contributed by atoms with Gasteiger partial charge in [-0.05, 0) is 27.2 Å². The van der Waals surface area contributed by atoms with Gasteiger partial charge >= 0.3 is 6.09 Å². The van der Waals surface area contributed by atoms with Crippen LogP contribution in [0, 0.1) is 0 Å². The number of carbonyl (C=O) groups is 1. The first kappa shape index (κ1) is 15.5. The number of likely N-dealkylation sites (tertiary alicyclic amines) is 1. The lowest BCUT2D eigenvalue weighted by molar-refractivity contribution is 0.00490. The Morgan fingerprint density at radius 3 is 2.50 bits per heavy atom. The highest BCUT2D eigenvalue weighted by atomic mass is 35.5. The molecule has 1 rings (SSSR count). The number of aliphatic hydroxyl groups is 1. The van der Waals surface area contributed by atoms with E-state index in [4.69, 9.17) is 10.5 Å². The van der Waals surface area contributed by atoms with Gasteiger partial charge in [-0.25, -0.2) is 4.79 Å². The predicted octanol–water partition coefficient (Wildman–Crippen LogP) is 0.737. The molecule has 5 nitrogen and oxygen atoms in total. The number of hydrogen-bond acceptors (Lipinski definition) is 4. The van der Waals surface area contributed by atoms with Gasteiger partial charge in [0.1, 0.15) is 5.60 Å². The second-order valence-corrected chi connectivity index (χ2v) is 4.95. The summed E-state index contributed by atoms with van der Waals surface area (Å²) in [6, 6.07) is -0.369. The topological polar surface area (TPSA) is 75.8 Å². The standard InChI is InChI=1S/C10H20N2O3.ClH/c1-10(2,3)15-9(14)12-5-4-8(13)7(11)6-12;/h7-8,13H,4-6,11H2,1-3H3;1H. The maximum Gasteiger partial charge on any atom is 0.410 e. The van der Waals surface area contributed by atoms with Crippen molar-refractivity contribution in [2.24, 2.45) is 5.73 Å². The number of amides is 1. The van der Waals surface area contributed by atoms with Crippen LogP contribution in [-0.4, -0.2) is 46.9 Å². The number of carbonyl (C=O) groups excluding carboxylic acids is 1. The third kappa shape index (κ3) is 4.55. The highest BCUT2D eigenvalue weighted by Crippen LogP contribution is 2.14. The normalized spacial score (nSPS) is 25.9. The van der Waals surface area contributed by atoms with Crippen molar-refractivity contribution in [3.63, 3.8) is 0 Å². The lowest BCUT2D eigenvalue weighted by Crippen LogP contribution is -2.53. The summed E-state index contributed by atoms with van der Waals surface area (Å²) in [7, 11) is 0. The van der Waals surface area contributed by atoms with Gasteiger partial charge < -0.3 is 20.5 Å². The van der Waals surface area contributed by atoms with Gasteiger partial charge in [0.05, 0.1) is 6.10 Å². The zero-order valence-electron chi connectivity index (χ0n) is 9.97. The Hall–Kier alpha value is -0.520. The van der Waals surface area contributed by atoms with Gasteiger partial charge in [0.15, 0.2) is 0 Å². The summed E-state index contributed by atoms with van der Waals surface area (Å²) >= 11 is 0. The first-order valence-electron chi connectivity index (χ1n) is 5.21. The Morgan fingerprint density at radius 2 is 2.06 bits per heavy atom. The van der Waals surface area contributed by atoms with Crippen LogP contribution in [0.2, 0.25) is 0 Å². The van der Waals surface area contributed by atoms with Gasteiger partial charge in [0.2, 0.25) is 0 Å². The predicted molar refractivity (Wildman–Crippen MR) is 63.7 cm³/mol. The molecule has 16 heavy (non-hydrogen) atoms. The Balaban J connectivity index is 0.00000225. The molecule has 0 aliphatic carbocycles. The summed E-state index contributed by atoms with van der Waals surface area (Å²) in [4.78, 5) is 13.2. The number of aliphatic hydroxyl groups excluding tert-OH is 1. The van der Waals surface area contributed by atoms with E-state index >= 15 is 0 Å². The number of piperidine rings is 1. The molecule has 2 atom stereocenters. The zero-order chi connectivity index (χ0) is 11.6. The van der Waals surface area contributed by atoms with Crippen LogP contribution in [0.5, 0.6) is 0 Å². The minimum Gasteiger partial charge on any atom is -0.444 e. The molecule has 0 radical (unpaired) electrons. The highest BCUT2D eigenvalue weighted by molar-refractivity contribution is 5.85. The molecule has 2 unspecified atom stereocenters. The minimum absolute atomic E-state index is 0. The molecule has 1 amide bonds. The quantitative estimate of drug-likeness (QED) is 0.667. The molecule has 96 valence electrons. The van der Waals surface area contributed by atoms with Crippen molar-refractivity contribution in [2.45, 2.75) is 44.9 Å². The van der Waals surface area contributed by atoms with E-state index in [0.29, 0.717) is 19.5 Å². The molecule has 1 aliphatic rings. The SMILES string of the molecule is CC(C)(C)OC(=O)N1CCC(O)C(N)C1.Cl. The second-order valence-electron chi connectivity index (χ2n) is 4.95. The summed E-state index contributed by atoms with van der Waals surface area (Å²) < 4.78 is 5.21. The van der Waals surface area contributed by atoms with E-state index in [9.17, 15) is 9.90 Å². The lowest BCUT2D eigenvalue weighted by atomic mass is 10.0. The zero-order valence-corrected chi connectivity index (χ0v) is 10.8. The van der Waals surface area contributed by atoms with E-state index in [-0.39, 0.29) is 24.5 Å². The van der Waals surface area contributed by atoms with E-state index in [1.54, 1.807) is 4.90 Å². The van der Waals surface area contributed by atoms with Crippen LogP contribution in [-0.2, 0) is 4.74 Å². The molecule has 0 spiro atoms. The van der Waals surface area contributed by atoms with E-state index < -0.39 is 11.7 Å². The van der Waals surface area contributed by atoms with Gasteiger partial charge in [-0.1, -0.05) is 0 Å². The van der Waals surface area contributed by atoms with Crippen LogP contribution >= 0.6 is 12.4 Å². The van der Waals surface area contributed by atoms with Gasteiger partial charge in [-0.15, -0.1) is 12.4 Å². The Labute approximate surface area is 102 Å². The Kier molecular flexibility index (Phi) is 5.52. The third-order valence-electron chi connectivity index (χ3n) is 2.27. The fraction of sp³-hybridized carbons (Fsp3) is 0.900. The molecular formula is C10H21ClN2O3. The number of halogens is 1. The van der Waals surface area contributed by atoms with Gasteiger partial charge in [0.25, 0.3) is 0 Å². The summed E-state index contributed by atoms with van der Waals surface area (Å²) in [6.07, 6.45) is -0.353. The van der Waals surface area contributed by atoms with Crippen LogP contribution in [0.4, 0.5) is 4.79 Å². The van der Waals surface area contributed by atoms with Crippen molar-refractivity contribution < 1.29 is 14.6 Å². The van der Waals surface area contributed by atoms with Crippen molar-refractivity contribution in [1.82, 2.24) is 4.90 Å². The average Bonchev–Trinajstić information content (AvgIpc) is 2.06. The summed E-state index contributed by atoms with van der Waals surface area (Å²) in [5, 5.41) is 9.41. The molecule has 0 bridgehead atoms. The van der Waals surface area contributed by atoms with Crippen molar-refractivity contribution in [2.75, 3.05) is 13.1 Å². The van der Waals surface area contributed by atoms with Gasteiger partial charge in [-0.2, -0.15) is 0 Å². The van der Waals surface area contributed by atoms with Crippen LogP contribution < -0.4 is 5.73 Å². The fourth-order valence-corrected chi connectivity index (χ4v) is 1.46. The second kappa shape index (κ2) is 5.70. The monoisotopic (exact) mass is 252 g/mol. The number of nitrogens with two attached hydrogens (primary N) is 1. The fourth-order valence-electron chi connectivity index (χ4n) is 1.46. The Bertz CT molecular complexity index is 243. The van der Waals surface area contributed by atoms with Crippen LogP contribution in [0.15, 0.2) is 0 Å². The van der Waals surface area contributed by atoms with Crippen molar-refractivity contribution >= 4 is 18.5 Å². The smallest absolute Gasteiger partial charge is 0.410 e. The molecule has 1 fully saturated rings. The average molecular weight is 253 g/mol. The van der Waals surface area contributed by atoms with E-state index in [1.165, 1.54) is 0 Å². The first-order valence-corrected chi connectivity index (χ1v) is 5.21. The molecule has 1 heterocycles. The molecule has 1 saturated heterocycles. The number of hydrogen-bond donors (Lipinski definition) is 2. The summed E-state index contributed by atoms with van der Waals surface area (Å²) in [5.41, 5.74) is 5.18. The van der Waals surface area contributed by atoms with E-state index in [0.717, 1.165) is 0 Å². The number of rotatable bonds is 0. The highest BCUT2D eigenvalue weighted by Gasteiger charge is 2.30. The lowest BCUT2D eigenvalue weighted by Gasteiger charge is -2.35. The number of ether oxygens (including phenoxy) is 1. The molecule has 0 aromatic rings. The molecule has 0 saturated carbocycles. The van der Waals surface area contributed by atoms with E-state index in [2.05, 4.69) is 0 Å².